The molecule has 0 radical (unpaired) electrons. The van der Waals surface area contributed by atoms with Crippen LogP contribution < -0.4 is 5.32 Å². The van der Waals surface area contributed by atoms with Gasteiger partial charge in [-0.25, -0.2) is 0 Å². The molecule has 6 fully saturated rings. The molecule has 3 atom stereocenters. The molecule has 158 valence electrons. The van der Waals surface area contributed by atoms with Crippen LogP contribution in [0.5, 0.6) is 0 Å². The van der Waals surface area contributed by atoms with Crippen LogP contribution in [0.25, 0.3) is 0 Å². The van der Waals surface area contributed by atoms with E-state index in [2.05, 4.69) is 11.5 Å². The number of fused-ring (bicyclic) bond motifs is 2. The van der Waals surface area contributed by atoms with Gasteiger partial charge in [0.2, 0.25) is 0 Å². The van der Waals surface area contributed by atoms with Crippen LogP contribution in [0.1, 0.15) is 57.8 Å². The van der Waals surface area contributed by atoms with E-state index in [-0.39, 0.29) is 36.7 Å². The zero-order valence-corrected chi connectivity index (χ0v) is 17.1. The third kappa shape index (κ3) is 3.30. The number of carbonyl (C=O) groups is 2. The van der Waals surface area contributed by atoms with E-state index in [0.717, 1.165) is 37.0 Å². The number of hydrogen-bond acceptors (Lipinski definition) is 5. The van der Waals surface area contributed by atoms with E-state index in [9.17, 15) is 20.0 Å². The number of nitriles is 1. The van der Waals surface area contributed by atoms with Crippen molar-refractivity contribution in [2.24, 2.45) is 23.2 Å². The molecule has 2 amide bonds. The molecule has 7 nitrogen and oxygen atoms in total. The third-order valence-electron chi connectivity index (χ3n) is 8.51. The van der Waals surface area contributed by atoms with Crippen molar-refractivity contribution in [3.63, 3.8) is 0 Å². The summed E-state index contributed by atoms with van der Waals surface area (Å²) in [6.45, 7) is 0.696. The van der Waals surface area contributed by atoms with Crippen LogP contribution >= 0.6 is 0 Å². The quantitative estimate of drug-likeness (QED) is 0.534. The van der Waals surface area contributed by atoms with Crippen molar-refractivity contribution in [2.45, 2.75) is 75.9 Å². The van der Waals surface area contributed by atoms with Crippen molar-refractivity contribution in [2.75, 3.05) is 19.7 Å². The lowest BCUT2D eigenvalue weighted by atomic mass is 9.49. The number of aliphatic hydroxyl groups is 1. The maximum Gasteiger partial charge on any atom is 0.311 e. The molecular weight excluding hydrogens is 368 g/mol. The summed E-state index contributed by atoms with van der Waals surface area (Å²) in [6.07, 6.45) is 12.4. The summed E-state index contributed by atoms with van der Waals surface area (Å²) in [4.78, 5) is 29.2. The molecule has 4 aliphatic carbocycles. The molecule has 4 saturated carbocycles. The van der Waals surface area contributed by atoms with Crippen LogP contribution in [0.15, 0.2) is 0 Å². The molecule has 0 aromatic carbocycles. The molecule has 6 aliphatic rings. The Balaban J connectivity index is 1.25. The maximum absolute atomic E-state index is 13.0. The molecule has 0 spiro atoms. The monoisotopic (exact) mass is 400 g/mol. The second kappa shape index (κ2) is 7.16. The van der Waals surface area contributed by atoms with Gasteiger partial charge in [-0.3, -0.25) is 9.59 Å². The van der Waals surface area contributed by atoms with Gasteiger partial charge < -0.3 is 20.2 Å². The van der Waals surface area contributed by atoms with Crippen molar-refractivity contribution in [1.29, 1.82) is 5.26 Å². The third-order valence-corrected chi connectivity index (χ3v) is 8.51. The maximum atomic E-state index is 13.0. The molecule has 7 heteroatoms. The number of hydrogen-bond donors (Lipinski definition) is 2. The van der Waals surface area contributed by atoms with Gasteiger partial charge in [-0.15, -0.1) is 0 Å². The van der Waals surface area contributed by atoms with Crippen LogP contribution in [-0.2, 0) is 9.59 Å². The Bertz CT molecular complexity index is 697. The summed E-state index contributed by atoms with van der Waals surface area (Å²) < 4.78 is 0. The fraction of sp³-hybridized carbons (Fsp3) is 0.864. The van der Waals surface area contributed by atoms with Crippen LogP contribution in [0.2, 0.25) is 0 Å². The first-order valence-electron chi connectivity index (χ1n) is 11.4. The van der Waals surface area contributed by atoms with E-state index in [1.807, 2.05) is 0 Å². The fourth-order valence-electron chi connectivity index (χ4n) is 7.94. The van der Waals surface area contributed by atoms with Gasteiger partial charge in [0.25, 0.3) is 0 Å². The summed E-state index contributed by atoms with van der Waals surface area (Å²) in [5, 5.41) is 21.8. The molecule has 6 bridgehead atoms. The van der Waals surface area contributed by atoms with Crippen LogP contribution in [0.4, 0.5) is 0 Å². The fourth-order valence-corrected chi connectivity index (χ4v) is 7.94. The summed E-state index contributed by atoms with van der Waals surface area (Å²) in [5.41, 5.74) is 0.143. The molecule has 0 aromatic heterocycles. The Morgan fingerprint density at radius 1 is 1.10 bits per heavy atom. The van der Waals surface area contributed by atoms with Gasteiger partial charge in [-0.2, -0.15) is 5.26 Å². The average molecular weight is 401 g/mol. The first kappa shape index (κ1) is 19.2. The molecule has 2 unspecified atom stereocenters. The Kier molecular flexibility index (Phi) is 4.73. The summed E-state index contributed by atoms with van der Waals surface area (Å²) in [6, 6.07) is 0.0996. The minimum atomic E-state index is -0.571. The minimum Gasteiger partial charge on any atom is -0.395 e. The van der Waals surface area contributed by atoms with Gasteiger partial charge in [0, 0.05) is 19.1 Å². The van der Waals surface area contributed by atoms with E-state index < -0.39 is 11.8 Å². The largest absolute Gasteiger partial charge is 0.395 e. The van der Waals surface area contributed by atoms with E-state index in [1.54, 1.807) is 9.80 Å². The number of nitrogens with zero attached hydrogens (tertiary/aromatic N) is 3. The molecule has 2 aliphatic heterocycles. The predicted molar refractivity (Wildman–Crippen MR) is 105 cm³/mol. The Labute approximate surface area is 172 Å². The van der Waals surface area contributed by atoms with E-state index in [0.29, 0.717) is 6.54 Å². The van der Waals surface area contributed by atoms with Crippen LogP contribution in [0, 0.1) is 34.6 Å². The topological polar surface area (TPSA) is 96.7 Å². The van der Waals surface area contributed by atoms with Gasteiger partial charge in [-0.1, -0.05) is 0 Å². The van der Waals surface area contributed by atoms with Crippen molar-refractivity contribution < 1.29 is 14.7 Å². The molecule has 2 N–H and O–H groups in total. The Morgan fingerprint density at radius 2 is 1.76 bits per heavy atom. The molecule has 6 rings (SSSR count). The van der Waals surface area contributed by atoms with Crippen molar-refractivity contribution in [3.8, 4) is 6.19 Å². The van der Waals surface area contributed by atoms with E-state index in [1.165, 1.54) is 38.5 Å². The lowest BCUT2D eigenvalue weighted by molar-refractivity contribution is -0.150. The molecular formula is C22H32N4O3. The number of amides is 2. The van der Waals surface area contributed by atoms with Crippen molar-refractivity contribution in [3.05, 3.63) is 0 Å². The highest BCUT2D eigenvalue weighted by Crippen LogP contribution is 2.60. The first-order valence-corrected chi connectivity index (χ1v) is 11.4. The average Bonchev–Trinajstić information content (AvgIpc) is 3.22. The first-order chi connectivity index (χ1) is 14.0. The normalized spacial score (nSPS) is 41.4. The number of rotatable bonds is 5. The lowest BCUT2D eigenvalue weighted by Gasteiger charge is -2.57. The Hall–Kier alpha value is -1.81. The molecule has 2 heterocycles. The molecule has 2 saturated heterocycles. The number of nitrogens with one attached hydrogen (secondary N) is 1. The zero-order chi connectivity index (χ0) is 20.2. The van der Waals surface area contributed by atoms with Crippen LogP contribution in [-0.4, -0.2) is 64.5 Å². The predicted octanol–water partition coefficient (Wildman–Crippen LogP) is 1.23. The van der Waals surface area contributed by atoms with E-state index in [4.69, 9.17) is 0 Å². The molecule has 29 heavy (non-hydrogen) atoms. The smallest absolute Gasteiger partial charge is 0.311 e. The zero-order valence-electron chi connectivity index (χ0n) is 17.1. The van der Waals surface area contributed by atoms with Crippen molar-refractivity contribution in [1.82, 2.24) is 15.1 Å². The van der Waals surface area contributed by atoms with Gasteiger partial charge in [0.15, 0.2) is 6.19 Å². The number of carbonyl (C=O) groups excluding carboxylic acids is 2. The van der Waals surface area contributed by atoms with Crippen molar-refractivity contribution >= 4 is 11.8 Å². The summed E-state index contributed by atoms with van der Waals surface area (Å²) >= 11 is 0. The second-order valence-electron chi connectivity index (χ2n) is 10.5. The minimum absolute atomic E-state index is 0.0243. The summed E-state index contributed by atoms with van der Waals surface area (Å²) in [5.74, 6) is 1.27. The lowest BCUT2D eigenvalue weighted by Crippen LogP contribution is -2.56. The highest BCUT2D eigenvalue weighted by molar-refractivity contribution is 6.35. The second-order valence-corrected chi connectivity index (χ2v) is 10.5. The molecule has 0 aromatic rings. The summed E-state index contributed by atoms with van der Waals surface area (Å²) in [7, 11) is 0. The highest BCUT2D eigenvalue weighted by Gasteiger charge is 2.52. The van der Waals surface area contributed by atoms with Gasteiger partial charge in [-0.05, 0) is 81.0 Å². The SMILES string of the molecule is N#CN1C2CCC1[C@H](NC(=O)C(=O)N(CCO)CC13CC4CC(CC(C4)C1)C3)C2. The number of aliphatic hydroxyl groups excluding tert-OH is 1. The van der Waals surface area contributed by atoms with Gasteiger partial charge >= 0.3 is 11.8 Å². The standard InChI is InChI=1S/C22H32N4O3/c23-13-26-17-1-2-19(26)18(8-17)24-20(28)21(29)25(3-4-27)12-22-9-14-5-15(10-22)7-16(6-14)11-22/h14-19,27H,1-12H2,(H,24,28)/t14?,15?,16?,17?,18-,19?,22?/m1/s1. The van der Waals surface area contributed by atoms with Gasteiger partial charge in [0.1, 0.15) is 0 Å². The van der Waals surface area contributed by atoms with Crippen LogP contribution in [0.3, 0.4) is 0 Å². The Morgan fingerprint density at radius 3 is 2.31 bits per heavy atom. The van der Waals surface area contributed by atoms with Gasteiger partial charge in [0.05, 0.1) is 18.7 Å². The van der Waals surface area contributed by atoms with E-state index >= 15 is 0 Å². The highest BCUT2D eigenvalue weighted by atomic mass is 16.3.